The number of fused-ring (bicyclic) bond motifs is 1. The Kier molecular flexibility index (Phi) is 3.06. The average Bonchev–Trinajstić information content (AvgIpc) is 2.89. The van der Waals surface area contributed by atoms with Crippen LogP contribution < -0.4 is 9.47 Å². The Morgan fingerprint density at radius 3 is 2.45 bits per heavy atom. The van der Waals surface area contributed by atoms with E-state index in [2.05, 4.69) is 0 Å². The van der Waals surface area contributed by atoms with Crippen molar-refractivity contribution in [2.45, 2.75) is 0 Å². The average molecular weight is 272 g/mol. The lowest BCUT2D eigenvalue weighted by atomic mass is 10.1. The molecule has 4 heteroatoms. The monoisotopic (exact) mass is 272 g/mol. The lowest BCUT2D eigenvalue weighted by molar-refractivity contribution is 0.355. The summed E-state index contributed by atoms with van der Waals surface area (Å²) in [6.07, 6.45) is 0. The third-order valence-corrected chi connectivity index (χ3v) is 3.15. The smallest absolute Gasteiger partial charge is 0.161 e. The van der Waals surface area contributed by atoms with Crippen LogP contribution in [0.1, 0.15) is 0 Å². The zero-order chi connectivity index (χ0) is 14.1. The number of rotatable bonds is 3. The highest BCUT2D eigenvalue weighted by Crippen LogP contribution is 2.34. The molecule has 20 heavy (non-hydrogen) atoms. The minimum Gasteiger partial charge on any atom is -0.493 e. The maximum Gasteiger partial charge on any atom is 0.161 e. The van der Waals surface area contributed by atoms with Gasteiger partial charge in [0.25, 0.3) is 0 Å². The van der Waals surface area contributed by atoms with Crippen LogP contribution in [0.3, 0.4) is 0 Å². The SMILES string of the molecule is COc1ccc(-c2cc3ccc(F)cc3o2)cc1OC. The van der Waals surface area contributed by atoms with E-state index in [0.717, 1.165) is 10.9 Å². The molecule has 0 N–H and O–H groups in total. The van der Waals surface area contributed by atoms with Crippen molar-refractivity contribution in [1.82, 2.24) is 0 Å². The van der Waals surface area contributed by atoms with Crippen molar-refractivity contribution < 1.29 is 18.3 Å². The van der Waals surface area contributed by atoms with Gasteiger partial charge in [-0.15, -0.1) is 0 Å². The predicted molar refractivity (Wildman–Crippen MR) is 74.7 cm³/mol. The molecule has 0 amide bonds. The molecule has 3 rings (SSSR count). The maximum absolute atomic E-state index is 13.2. The first-order valence-electron chi connectivity index (χ1n) is 6.13. The van der Waals surface area contributed by atoms with Crippen molar-refractivity contribution in [3.05, 3.63) is 48.3 Å². The van der Waals surface area contributed by atoms with Gasteiger partial charge in [0.2, 0.25) is 0 Å². The van der Waals surface area contributed by atoms with E-state index in [1.54, 1.807) is 20.3 Å². The molecular formula is C16H13FO3. The number of halogens is 1. The van der Waals surface area contributed by atoms with Crippen LogP contribution in [0.5, 0.6) is 11.5 Å². The van der Waals surface area contributed by atoms with Gasteiger partial charge in [-0.05, 0) is 36.4 Å². The second kappa shape index (κ2) is 4.89. The fourth-order valence-corrected chi connectivity index (χ4v) is 2.14. The van der Waals surface area contributed by atoms with Gasteiger partial charge in [0, 0.05) is 17.0 Å². The summed E-state index contributed by atoms with van der Waals surface area (Å²) in [6, 6.07) is 11.9. The molecule has 0 unspecified atom stereocenters. The zero-order valence-electron chi connectivity index (χ0n) is 11.1. The van der Waals surface area contributed by atoms with Crippen LogP contribution in [-0.2, 0) is 0 Å². The number of hydrogen-bond donors (Lipinski definition) is 0. The molecule has 0 bridgehead atoms. The standard InChI is InChI=1S/C16H13FO3/c1-18-13-6-4-11(8-16(13)19-2)14-7-10-3-5-12(17)9-15(10)20-14/h3-9H,1-2H3. The Balaban J connectivity index is 2.10. The number of furan rings is 1. The topological polar surface area (TPSA) is 31.6 Å². The van der Waals surface area contributed by atoms with Crippen LogP contribution >= 0.6 is 0 Å². The molecule has 0 saturated heterocycles. The summed E-state index contributed by atoms with van der Waals surface area (Å²) >= 11 is 0. The van der Waals surface area contributed by atoms with Crippen LogP contribution in [0.25, 0.3) is 22.3 Å². The van der Waals surface area contributed by atoms with E-state index in [-0.39, 0.29) is 5.82 Å². The van der Waals surface area contributed by atoms with Crippen molar-refractivity contribution in [1.29, 1.82) is 0 Å². The summed E-state index contributed by atoms with van der Waals surface area (Å²) in [4.78, 5) is 0. The van der Waals surface area contributed by atoms with Crippen molar-refractivity contribution in [3.63, 3.8) is 0 Å². The molecule has 1 heterocycles. The van der Waals surface area contributed by atoms with Crippen molar-refractivity contribution in [3.8, 4) is 22.8 Å². The summed E-state index contributed by atoms with van der Waals surface area (Å²) in [5.74, 6) is 1.62. The summed E-state index contributed by atoms with van der Waals surface area (Å²) in [6.45, 7) is 0. The van der Waals surface area contributed by atoms with Gasteiger partial charge in [0.1, 0.15) is 17.2 Å². The minimum absolute atomic E-state index is 0.314. The highest BCUT2D eigenvalue weighted by molar-refractivity contribution is 5.83. The first kappa shape index (κ1) is 12.5. The molecule has 3 aromatic rings. The van der Waals surface area contributed by atoms with E-state index in [1.807, 2.05) is 24.3 Å². The minimum atomic E-state index is -0.314. The van der Waals surface area contributed by atoms with Gasteiger partial charge in [-0.3, -0.25) is 0 Å². The Hall–Kier alpha value is -2.49. The van der Waals surface area contributed by atoms with E-state index in [9.17, 15) is 4.39 Å². The van der Waals surface area contributed by atoms with Crippen LogP contribution in [-0.4, -0.2) is 14.2 Å². The second-order valence-corrected chi connectivity index (χ2v) is 4.36. The van der Waals surface area contributed by atoms with Crippen molar-refractivity contribution >= 4 is 11.0 Å². The lowest BCUT2D eigenvalue weighted by Gasteiger charge is -2.08. The summed E-state index contributed by atoms with van der Waals surface area (Å²) in [5, 5.41) is 0.858. The first-order valence-corrected chi connectivity index (χ1v) is 6.13. The summed E-state index contributed by atoms with van der Waals surface area (Å²) in [5.41, 5.74) is 1.37. The van der Waals surface area contributed by atoms with E-state index >= 15 is 0 Å². The van der Waals surface area contributed by atoms with Crippen LogP contribution in [0, 0.1) is 5.82 Å². The third kappa shape index (κ3) is 2.09. The molecule has 0 aliphatic rings. The molecule has 2 aromatic carbocycles. The normalized spacial score (nSPS) is 10.8. The van der Waals surface area contributed by atoms with Crippen LogP contribution in [0.2, 0.25) is 0 Å². The molecule has 102 valence electrons. The Morgan fingerprint density at radius 1 is 0.900 bits per heavy atom. The molecule has 0 aliphatic heterocycles. The Bertz CT molecular complexity index is 762. The van der Waals surface area contributed by atoms with Gasteiger partial charge in [-0.1, -0.05) is 0 Å². The third-order valence-electron chi connectivity index (χ3n) is 3.15. The van der Waals surface area contributed by atoms with E-state index in [1.165, 1.54) is 12.1 Å². The molecule has 0 radical (unpaired) electrons. The molecule has 0 atom stereocenters. The van der Waals surface area contributed by atoms with E-state index in [4.69, 9.17) is 13.9 Å². The first-order chi connectivity index (χ1) is 9.71. The molecule has 3 nitrogen and oxygen atoms in total. The quantitative estimate of drug-likeness (QED) is 0.714. The van der Waals surface area contributed by atoms with Gasteiger partial charge in [0.15, 0.2) is 11.5 Å². The highest BCUT2D eigenvalue weighted by atomic mass is 19.1. The second-order valence-electron chi connectivity index (χ2n) is 4.36. The Morgan fingerprint density at radius 2 is 1.70 bits per heavy atom. The largest absolute Gasteiger partial charge is 0.493 e. The van der Waals surface area contributed by atoms with Crippen LogP contribution in [0.4, 0.5) is 4.39 Å². The van der Waals surface area contributed by atoms with E-state index < -0.39 is 0 Å². The number of benzene rings is 2. The van der Waals surface area contributed by atoms with Gasteiger partial charge >= 0.3 is 0 Å². The summed E-state index contributed by atoms with van der Waals surface area (Å²) < 4.78 is 29.3. The molecule has 0 spiro atoms. The summed E-state index contributed by atoms with van der Waals surface area (Å²) in [7, 11) is 3.16. The highest BCUT2D eigenvalue weighted by Gasteiger charge is 2.10. The fraction of sp³-hybridized carbons (Fsp3) is 0.125. The lowest BCUT2D eigenvalue weighted by Crippen LogP contribution is -1.90. The molecule has 1 aromatic heterocycles. The van der Waals surface area contributed by atoms with Crippen molar-refractivity contribution in [2.75, 3.05) is 14.2 Å². The molecule has 0 saturated carbocycles. The van der Waals surface area contributed by atoms with Gasteiger partial charge in [-0.25, -0.2) is 4.39 Å². The van der Waals surface area contributed by atoms with Crippen molar-refractivity contribution in [2.24, 2.45) is 0 Å². The number of hydrogen-bond acceptors (Lipinski definition) is 3. The molecular weight excluding hydrogens is 259 g/mol. The van der Waals surface area contributed by atoms with Crippen LogP contribution in [0.15, 0.2) is 46.9 Å². The fourth-order valence-electron chi connectivity index (χ4n) is 2.14. The maximum atomic E-state index is 13.2. The predicted octanol–water partition coefficient (Wildman–Crippen LogP) is 4.26. The van der Waals surface area contributed by atoms with E-state index in [0.29, 0.717) is 22.8 Å². The number of methoxy groups -OCH3 is 2. The zero-order valence-corrected chi connectivity index (χ0v) is 11.1. The molecule has 0 fully saturated rings. The molecule has 0 aliphatic carbocycles. The van der Waals surface area contributed by atoms with Gasteiger partial charge in [0.05, 0.1) is 14.2 Å². The number of ether oxygens (including phenoxy) is 2. The van der Waals surface area contributed by atoms with Gasteiger partial charge in [-0.2, -0.15) is 0 Å². The van der Waals surface area contributed by atoms with Gasteiger partial charge < -0.3 is 13.9 Å². The Labute approximate surface area is 115 Å².